The van der Waals surface area contributed by atoms with Crippen LogP contribution in [0.3, 0.4) is 0 Å². The van der Waals surface area contributed by atoms with Gasteiger partial charge >= 0.3 is 5.97 Å². The standard InChI is InChI=1S/C13H19NO3/c1-7(2)5-10(15)14-12-9-4-3-8(6-9)11(12)13(16)17/h5,8-9,11-12H,3-4,6H2,1-2H3,(H,14,15)(H,16,17). The van der Waals surface area contributed by atoms with Crippen LogP contribution in [0.15, 0.2) is 11.6 Å². The van der Waals surface area contributed by atoms with Crippen molar-refractivity contribution in [2.75, 3.05) is 0 Å². The van der Waals surface area contributed by atoms with Gasteiger partial charge in [0.05, 0.1) is 5.92 Å². The van der Waals surface area contributed by atoms with Crippen LogP contribution in [0, 0.1) is 17.8 Å². The van der Waals surface area contributed by atoms with E-state index in [0.29, 0.717) is 5.92 Å². The normalized spacial score (nSPS) is 34.5. The summed E-state index contributed by atoms with van der Waals surface area (Å²) >= 11 is 0. The number of carbonyl (C=O) groups excluding carboxylic acids is 1. The van der Waals surface area contributed by atoms with E-state index in [0.717, 1.165) is 24.8 Å². The Kier molecular flexibility index (Phi) is 3.22. The fraction of sp³-hybridized carbons (Fsp3) is 0.692. The smallest absolute Gasteiger partial charge is 0.308 e. The second-order valence-electron chi connectivity index (χ2n) is 5.45. The largest absolute Gasteiger partial charge is 0.481 e. The predicted molar refractivity (Wildman–Crippen MR) is 63.3 cm³/mol. The molecule has 4 unspecified atom stereocenters. The summed E-state index contributed by atoms with van der Waals surface area (Å²) in [7, 11) is 0. The summed E-state index contributed by atoms with van der Waals surface area (Å²) in [4.78, 5) is 22.9. The zero-order valence-corrected chi connectivity index (χ0v) is 10.3. The monoisotopic (exact) mass is 237 g/mol. The van der Waals surface area contributed by atoms with Crippen molar-refractivity contribution in [2.24, 2.45) is 17.8 Å². The maximum Gasteiger partial charge on any atom is 0.308 e. The number of carbonyl (C=O) groups is 2. The Hall–Kier alpha value is -1.32. The van der Waals surface area contributed by atoms with Gasteiger partial charge in [0.15, 0.2) is 0 Å². The third-order valence-corrected chi connectivity index (χ3v) is 3.93. The van der Waals surface area contributed by atoms with E-state index in [2.05, 4.69) is 5.32 Å². The molecule has 2 saturated carbocycles. The van der Waals surface area contributed by atoms with Crippen molar-refractivity contribution in [3.63, 3.8) is 0 Å². The van der Waals surface area contributed by atoms with Crippen LogP contribution in [0.2, 0.25) is 0 Å². The molecule has 0 aromatic rings. The molecule has 0 spiro atoms. The lowest BCUT2D eigenvalue weighted by Crippen LogP contribution is -2.46. The van der Waals surface area contributed by atoms with Crippen molar-refractivity contribution < 1.29 is 14.7 Å². The Balaban J connectivity index is 2.07. The molecule has 0 saturated heterocycles. The second-order valence-corrected chi connectivity index (χ2v) is 5.45. The summed E-state index contributed by atoms with van der Waals surface area (Å²) < 4.78 is 0. The SMILES string of the molecule is CC(C)=CC(=O)NC1C2CCC(C2)C1C(=O)O. The highest BCUT2D eigenvalue weighted by molar-refractivity contribution is 5.89. The minimum absolute atomic E-state index is 0.159. The summed E-state index contributed by atoms with van der Waals surface area (Å²) in [5.74, 6) is -0.693. The van der Waals surface area contributed by atoms with Crippen LogP contribution in [0.25, 0.3) is 0 Å². The van der Waals surface area contributed by atoms with Crippen LogP contribution in [0.5, 0.6) is 0 Å². The maximum atomic E-state index is 11.7. The molecule has 94 valence electrons. The van der Waals surface area contributed by atoms with Gasteiger partial charge in [-0.1, -0.05) is 5.57 Å². The van der Waals surface area contributed by atoms with Gasteiger partial charge in [-0.25, -0.2) is 0 Å². The van der Waals surface area contributed by atoms with E-state index < -0.39 is 5.97 Å². The first-order valence-corrected chi connectivity index (χ1v) is 6.17. The number of allylic oxidation sites excluding steroid dienone is 1. The summed E-state index contributed by atoms with van der Waals surface area (Å²) in [6.45, 7) is 3.71. The first-order chi connectivity index (χ1) is 7.99. The Morgan fingerprint density at radius 2 is 1.88 bits per heavy atom. The molecule has 1 amide bonds. The first-order valence-electron chi connectivity index (χ1n) is 6.17. The molecule has 4 heteroatoms. The van der Waals surface area contributed by atoms with Crippen molar-refractivity contribution in [1.29, 1.82) is 0 Å². The third-order valence-electron chi connectivity index (χ3n) is 3.93. The highest BCUT2D eigenvalue weighted by Crippen LogP contribution is 2.48. The topological polar surface area (TPSA) is 66.4 Å². The van der Waals surface area contributed by atoms with E-state index in [1.165, 1.54) is 6.08 Å². The fourth-order valence-electron chi connectivity index (χ4n) is 3.32. The van der Waals surface area contributed by atoms with Crippen molar-refractivity contribution in [1.82, 2.24) is 5.32 Å². The molecular formula is C13H19NO3. The molecule has 0 aromatic heterocycles. The molecule has 17 heavy (non-hydrogen) atoms. The van der Waals surface area contributed by atoms with E-state index in [4.69, 9.17) is 0 Å². The first kappa shape index (κ1) is 12.1. The van der Waals surface area contributed by atoms with Gasteiger partial charge < -0.3 is 10.4 Å². The van der Waals surface area contributed by atoms with E-state index in [1.54, 1.807) is 0 Å². The van der Waals surface area contributed by atoms with E-state index >= 15 is 0 Å². The van der Waals surface area contributed by atoms with Gasteiger partial charge in [0.2, 0.25) is 5.91 Å². The number of hydrogen-bond acceptors (Lipinski definition) is 2. The molecule has 0 heterocycles. The third kappa shape index (κ3) is 2.35. The molecule has 0 radical (unpaired) electrons. The molecule has 0 aromatic carbocycles. The molecule has 0 aliphatic heterocycles. The lowest BCUT2D eigenvalue weighted by Gasteiger charge is -2.28. The van der Waals surface area contributed by atoms with Gasteiger partial charge in [0, 0.05) is 12.1 Å². The summed E-state index contributed by atoms with van der Waals surface area (Å²) in [6.07, 6.45) is 4.53. The van der Waals surface area contributed by atoms with Crippen molar-refractivity contribution in [2.45, 2.75) is 39.2 Å². The predicted octanol–water partition coefficient (Wildman–Crippen LogP) is 1.57. The molecule has 4 atom stereocenters. The minimum Gasteiger partial charge on any atom is -0.481 e. The molecule has 2 rings (SSSR count). The van der Waals surface area contributed by atoms with Gasteiger partial charge in [-0.05, 0) is 44.9 Å². The number of hydrogen-bond donors (Lipinski definition) is 2. The molecule has 2 aliphatic carbocycles. The molecule has 2 bridgehead atoms. The van der Waals surface area contributed by atoms with E-state index in [9.17, 15) is 14.7 Å². The maximum absolute atomic E-state index is 11.7. The Labute approximate surface area is 101 Å². The number of amides is 1. The Morgan fingerprint density at radius 3 is 2.47 bits per heavy atom. The average Bonchev–Trinajstić information content (AvgIpc) is 2.75. The quantitative estimate of drug-likeness (QED) is 0.732. The summed E-state index contributed by atoms with van der Waals surface area (Å²) in [5, 5.41) is 12.1. The Bertz CT molecular complexity index is 371. The van der Waals surface area contributed by atoms with Crippen LogP contribution in [0.1, 0.15) is 33.1 Å². The zero-order valence-electron chi connectivity index (χ0n) is 10.3. The van der Waals surface area contributed by atoms with Crippen molar-refractivity contribution in [3.8, 4) is 0 Å². The van der Waals surface area contributed by atoms with Crippen LogP contribution >= 0.6 is 0 Å². The second kappa shape index (κ2) is 4.51. The van der Waals surface area contributed by atoms with Gasteiger partial charge in [0.1, 0.15) is 0 Å². The number of carboxylic acids is 1. The molecule has 2 fully saturated rings. The van der Waals surface area contributed by atoms with E-state index in [1.807, 2.05) is 13.8 Å². The summed E-state index contributed by atoms with van der Waals surface area (Å²) in [6, 6.07) is -0.172. The number of aliphatic carboxylic acids is 1. The lowest BCUT2D eigenvalue weighted by molar-refractivity contribution is -0.144. The minimum atomic E-state index is -0.764. The van der Waals surface area contributed by atoms with Gasteiger partial charge in [-0.2, -0.15) is 0 Å². The van der Waals surface area contributed by atoms with Gasteiger partial charge in [-0.15, -0.1) is 0 Å². The highest BCUT2D eigenvalue weighted by Gasteiger charge is 2.51. The molecule has 2 aliphatic rings. The van der Waals surface area contributed by atoms with Gasteiger partial charge in [0.25, 0.3) is 0 Å². The number of fused-ring (bicyclic) bond motifs is 2. The average molecular weight is 237 g/mol. The van der Waals surface area contributed by atoms with Crippen molar-refractivity contribution >= 4 is 11.9 Å². The lowest BCUT2D eigenvalue weighted by atomic mass is 9.84. The number of rotatable bonds is 3. The fourth-order valence-corrected chi connectivity index (χ4v) is 3.32. The van der Waals surface area contributed by atoms with Crippen molar-refractivity contribution in [3.05, 3.63) is 11.6 Å². The zero-order chi connectivity index (χ0) is 12.6. The number of nitrogens with one attached hydrogen (secondary N) is 1. The highest BCUT2D eigenvalue weighted by atomic mass is 16.4. The Morgan fingerprint density at radius 1 is 1.24 bits per heavy atom. The van der Waals surface area contributed by atoms with E-state index in [-0.39, 0.29) is 23.8 Å². The van der Waals surface area contributed by atoms with Crippen LogP contribution in [0.4, 0.5) is 0 Å². The molecule has 2 N–H and O–H groups in total. The van der Waals surface area contributed by atoms with Crippen LogP contribution in [-0.2, 0) is 9.59 Å². The molecule has 4 nitrogen and oxygen atoms in total. The molecular weight excluding hydrogens is 218 g/mol. The number of carboxylic acid groups (broad SMARTS) is 1. The van der Waals surface area contributed by atoms with Gasteiger partial charge in [-0.3, -0.25) is 9.59 Å². The summed E-state index contributed by atoms with van der Waals surface area (Å²) in [5.41, 5.74) is 0.928. The van der Waals surface area contributed by atoms with Crippen LogP contribution in [-0.4, -0.2) is 23.0 Å². The van der Waals surface area contributed by atoms with Crippen LogP contribution < -0.4 is 5.32 Å².